The van der Waals surface area contributed by atoms with Crippen molar-refractivity contribution in [3.8, 4) is 0 Å². The molecule has 1 fully saturated rings. The summed E-state index contributed by atoms with van der Waals surface area (Å²) in [6.45, 7) is 4.20. The molecule has 3 heteroatoms. The number of rotatable bonds is 1. The van der Waals surface area contributed by atoms with Crippen LogP contribution in [0.1, 0.15) is 31.2 Å². The molecule has 1 atom stereocenters. The first-order valence-corrected chi connectivity index (χ1v) is 6.79. The lowest BCUT2D eigenvalue weighted by atomic mass is 10.0. The molecule has 1 aromatic rings. The van der Waals surface area contributed by atoms with Gasteiger partial charge in [-0.2, -0.15) is 0 Å². The number of amides is 1. The number of hydrogen-bond donors (Lipinski definition) is 0. The van der Waals surface area contributed by atoms with Gasteiger partial charge in [-0.15, -0.1) is 0 Å². The van der Waals surface area contributed by atoms with Crippen molar-refractivity contribution < 1.29 is 4.79 Å². The Morgan fingerprint density at radius 3 is 2.56 bits per heavy atom. The number of para-hydroxylation sites is 1. The maximum atomic E-state index is 12.5. The Kier molecular flexibility index (Phi) is 2.86. The molecule has 0 aromatic heterocycles. The lowest BCUT2D eigenvalue weighted by Crippen LogP contribution is -2.45. The van der Waals surface area contributed by atoms with E-state index in [2.05, 4.69) is 29.0 Å². The van der Waals surface area contributed by atoms with E-state index >= 15 is 0 Å². The summed E-state index contributed by atoms with van der Waals surface area (Å²) in [5.41, 5.74) is 2.34. The van der Waals surface area contributed by atoms with Gasteiger partial charge in [0.2, 0.25) is 5.91 Å². The molecule has 1 unspecified atom stereocenters. The van der Waals surface area contributed by atoms with Gasteiger partial charge >= 0.3 is 0 Å². The van der Waals surface area contributed by atoms with E-state index in [1.54, 1.807) is 0 Å². The summed E-state index contributed by atoms with van der Waals surface area (Å²) in [6, 6.07) is 8.63. The molecule has 96 valence electrons. The Bertz CT molecular complexity index is 463. The predicted molar refractivity (Wildman–Crippen MR) is 72.9 cm³/mol. The highest BCUT2D eigenvalue weighted by Gasteiger charge is 2.38. The summed E-state index contributed by atoms with van der Waals surface area (Å²) < 4.78 is 0. The van der Waals surface area contributed by atoms with E-state index in [-0.39, 0.29) is 11.8 Å². The first-order valence-electron chi connectivity index (χ1n) is 6.79. The largest absolute Gasteiger partial charge is 0.308 e. The molecule has 2 heterocycles. The molecule has 3 rings (SSSR count). The summed E-state index contributed by atoms with van der Waals surface area (Å²) in [6.07, 6.45) is 2.17. The van der Waals surface area contributed by atoms with Crippen LogP contribution in [-0.2, 0) is 4.79 Å². The van der Waals surface area contributed by atoms with Crippen LogP contribution in [0.2, 0.25) is 0 Å². The van der Waals surface area contributed by atoms with Crippen LogP contribution in [0, 0.1) is 0 Å². The lowest BCUT2D eigenvalue weighted by Gasteiger charge is -2.35. The van der Waals surface area contributed by atoms with Crippen molar-refractivity contribution in [1.82, 2.24) is 4.90 Å². The average molecular weight is 244 g/mol. The molecule has 0 spiro atoms. The topological polar surface area (TPSA) is 23.6 Å². The quantitative estimate of drug-likeness (QED) is 0.756. The fourth-order valence-electron chi connectivity index (χ4n) is 3.16. The molecule has 1 amide bonds. The van der Waals surface area contributed by atoms with Gasteiger partial charge in [-0.3, -0.25) is 4.79 Å². The van der Waals surface area contributed by atoms with Crippen LogP contribution >= 0.6 is 0 Å². The highest BCUT2D eigenvalue weighted by atomic mass is 16.2. The zero-order chi connectivity index (χ0) is 12.7. The van der Waals surface area contributed by atoms with E-state index in [1.165, 1.54) is 5.56 Å². The van der Waals surface area contributed by atoms with Crippen molar-refractivity contribution in [3.63, 3.8) is 0 Å². The van der Waals surface area contributed by atoms with Crippen LogP contribution in [-0.4, -0.2) is 37.0 Å². The monoisotopic (exact) mass is 244 g/mol. The summed E-state index contributed by atoms with van der Waals surface area (Å²) in [7, 11) is 2.15. The van der Waals surface area contributed by atoms with Gasteiger partial charge in [0.15, 0.2) is 0 Å². The second kappa shape index (κ2) is 4.39. The van der Waals surface area contributed by atoms with Crippen molar-refractivity contribution >= 4 is 11.6 Å². The molecule has 0 saturated carbocycles. The first-order chi connectivity index (χ1) is 8.68. The maximum absolute atomic E-state index is 12.5. The maximum Gasteiger partial charge on any atom is 0.234 e. The summed E-state index contributed by atoms with van der Waals surface area (Å²) in [4.78, 5) is 16.9. The van der Waals surface area contributed by atoms with Gasteiger partial charge in [0.25, 0.3) is 0 Å². The van der Waals surface area contributed by atoms with Crippen LogP contribution < -0.4 is 4.90 Å². The van der Waals surface area contributed by atoms with Crippen LogP contribution in [0.5, 0.6) is 0 Å². The number of carbonyl (C=O) groups is 1. The summed E-state index contributed by atoms with van der Waals surface area (Å²) >= 11 is 0. The normalized spacial score (nSPS) is 25.6. The molecule has 0 aliphatic carbocycles. The highest BCUT2D eigenvalue weighted by molar-refractivity contribution is 6.05. The van der Waals surface area contributed by atoms with Gasteiger partial charge in [-0.05, 0) is 51.5 Å². The fraction of sp³-hybridized carbons (Fsp3) is 0.533. The Hall–Kier alpha value is -1.35. The molecule has 2 aliphatic rings. The number of hydrogen-bond acceptors (Lipinski definition) is 2. The zero-order valence-corrected chi connectivity index (χ0v) is 11.1. The van der Waals surface area contributed by atoms with E-state index in [0.717, 1.165) is 31.6 Å². The Morgan fingerprint density at radius 1 is 1.17 bits per heavy atom. The number of nitrogens with zero attached hydrogens (tertiary/aromatic N) is 2. The number of likely N-dealkylation sites (tertiary alicyclic amines) is 1. The van der Waals surface area contributed by atoms with Crippen LogP contribution in [0.15, 0.2) is 24.3 Å². The van der Waals surface area contributed by atoms with Crippen molar-refractivity contribution in [3.05, 3.63) is 29.8 Å². The third kappa shape index (κ3) is 1.74. The van der Waals surface area contributed by atoms with Crippen molar-refractivity contribution in [2.24, 2.45) is 0 Å². The molecule has 3 nitrogen and oxygen atoms in total. The van der Waals surface area contributed by atoms with E-state index in [9.17, 15) is 4.79 Å². The Morgan fingerprint density at radius 2 is 1.83 bits per heavy atom. The standard InChI is InChI=1S/C15H20N2O/c1-11-13-5-3-4-6-14(13)17(15(11)18)12-7-9-16(2)10-8-12/h3-6,11-12H,7-10H2,1-2H3. The zero-order valence-electron chi connectivity index (χ0n) is 11.1. The van der Waals surface area contributed by atoms with Crippen LogP contribution in [0.25, 0.3) is 0 Å². The molecular formula is C15H20N2O. The number of benzene rings is 1. The Labute approximate surface area is 108 Å². The van der Waals surface area contributed by atoms with Crippen LogP contribution in [0.4, 0.5) is 5.69 Å². The average Bonchev–Trinajstić information content (AvgIpc) is 2.64. The molecular weight excluding hydrogens is 224 g/mol. The molecule has 0 bridgehead atoms. The van der Waals surface area contributed by atoms with Crippen molar-refractivity contribution in [2.45, 2.75) is 31.7 Å². The first kappa shape index (κ1) is 11.7. The van der Waals surface area contributed by atoms with Crippen molar-refractivity contribution in [2.75, 3.05) is 25.0 Å². The van der Waals surface area contributed by atoms with Gasteiger partial charge in [0.05, 0.1) is 5.92 Å². The fourth-order valence-corrected chi connectivity index (χ4v) is 3.16. The molecule has 0 N–H and O–H groups in total. The third-order valence-electron chi connectivity index (χ3n) is 4.32. The van der Waals surface area contributed by atoms with E-state index in [0.29, 0.717) is 6.04 Å². The minimum absolute atomic E-state index is 0.0286. The number of fused-ring (bicyclic) bond motifs is 1. The van der Waals surface area contributed by atoms with Crippen molar-refractivity contribution in [1.29, 1.82) is 0 Å². The molecule has 0 radical (unpaired) electrons. The minimum Gasteiger partial charge on any atom is -0.308 e. The van der Waals surface area contributed by atoms with Crippen LogP contribution in [0.3, 0.4) is 0 Å². The second-order valence-corrected chi connectivity index (χ2v) is 5.52. The molecule has 18 heavy (non-hydrogen) atoms. The van der Waals surface area contributed by atoms with Gasteiger partial charge in [-0.25, -0.2) is 0 Å². The number of carbonyl (C=O) groups excluding carboxylic acids is 1. The SMILES string of the molecule is CC1C(=O)N(C2CCN(C)CC2)c2ccccc21. The second-order valence-electron chi connectivity index (χ2n) is 5.52. The molecule has 1 aromatic carbocycles. The number of piperidine rings is 1. The predicted octanol–water partition coefficient (Wildman–Crippen LogP) is 2.23. The summed E-state index contributed by atoms with van der Waals surface area (Å²) in [5.74, 6) is 0.312. The smallest absolute Gasteiger partial charge is 0.234 e. The minimum atomic E-state index is 0.0286. The molecule has 1 saturated heterocycles. The van der Waals surface area contributed by atoms with Gasteiger partial charge in [0.1, 0.15) is 0 Å². The highest BCUT2D eigenvalue weighted by Crippen LogP contribution is 2.39. The number of anilines is 1. The van der Waals surface area contributed by atoms with E-state index in [4.69, 9.17) is 0 Å². The molecule has 2 aliphatic heterocycles. The Balaban J connectivity index is 1.91. The van der Waals surface area contributed by atoms with Gasteiger partial charge < -0.3 is 9.80 Å². The third-order valence-corrected chi connectivity index (χ3v) is 4.32. The lowest BCUT2D eigenvalue weighted by molar-refractivity contribution is -0.119. The van der Waals surface area contributed by atoms with Gasteiger partial charge in [0, 0.05) is 11.7 Å². The van der Waals surface area contributed by atoms with Gasteiger partial charge in [-0.1, -0.05) is 18.2 Å². The summed E-state index contributed by atoms with van der Waals surface area (Å²) in [5, 5.41) is 0. The van der Waals surface area contributed by atoms with E-state index < -0.39 is 0 Å². The van der Waals surface area contributed by atoms with E-state index in [1.807, 2.05) is 19.1 Å².